The van der Waals surface area contributed by atoms with E-state index in [1.807, 2.05) is 56.3 Å². The number of ether oxygens (including phenoxy) is 2. The Labute approximate surface area is 109 Å². The second-order valence-corrected chi connectivity index (χ2v) is 2.89. The molecule has 3 nitrogen and oxygen atoms in total. The van der Waals surface area contributed by atoms with Gasteiger partial charge in [0.25, 0.3) is 0 Å². The van der Waals surface area contributed by atoms with Crippen molar-refractivity contribution in [3.63, 3.8) is 0 Å². The van der Waals surface area contributed by atoms with Crippen molar-refractivity contribution in [1.29, 1.82) is 0 Å². The summed E-state index contributed by atoms with van der Waals surface area (Å²) in [4.78, 5) is 3.88. The number of nitrogens with zero attached hydrogens (tertiary/aromatic N) is 1. The van der Waals surface area contributed by atoms with Crippen LogP contribution in [-0.4, -0.2) is 19.2 Å². The predicted molar refractivity (Wildman–Crippen MR) is 75.1 cm³/mol. The third-order valence-electron chi connectivity index (χ3n) is 1.83. The summed E-state index contributed by atoms with van der Waals surface area (Å²) >= 11 is 0. The highest BCUT2D eigenvalue weighted by molar-refractivity contribution is 5.20. The molecule has 0 unspecified atom stereocenters. The topological polar surface area (TPSA) is 31.4 Å². The highest BCUT2D eigenvalue weighted by Gasteiger charge is 1.82. The van der Waals surface area contributed by atoms with Crippen molar-refractivity contribution in [2.45, 2.75) is 13.8 Å². The number of hydrogen-bond acceptors (Lipinski definition) is 3. The van der Waals surface area contributed by atoms with Crippen LogP contribution in [0.4, 0.5) is 0 Å². The third-order valence-corrected chi connectivity index (χ3v) is 1.83. The van der Waals surface area contributed by atoms with Crippen LogP contribution in [0.3, 0.4) is 0 Å². The van der Waals surface area contributed by atoms with E-state index in [0.29, 0.717) is 5.88 Å². The first-order valence-corrected chi connectivity index (χ1v) is 5.91. The number of benzene rings is 1. The maximum atomic E-state index is 4.91. The number of pyridine rings is 1. The molecular weight excluding hydrogens is 226 g/mol. The van der Waals surface area contributed by atoms with Crippen LogP contribution in [-0.2, 0) is 0 Å². The molecule has 0 saturated heterocycles. The van der Waals surface area contributed by atoms with Crippen molar-refractivity contribution in [3.05, 3.63) is 54.7 Å². The van der Waals surface area contributed by atoms with E-state index in [4.69, 9.17) is 9.47 Å². The minimum Gasteiger partial charge on any atom is -0.497 e. The zero-order valence-electron chi connectivity index (χ0n) is 11.5. The highest BCUT2D eigenvalue weighted by atomic mass is 16.5. The fourth-order valence-corrected chi connectivity index (χ4v) is 1.02. The lowest BCUT2D eigenvalue weighted by molar-refractivity contribution is 0.398. The van der Waals surface area contributed by atoms with Crippen LogP contribution >= 0.6 is 0 Å². The Hall–Kier alpha value is -2.03. The molecule has 0 fully saturated rings. The molecule has 3 heteroatoms. The van der Waals surface area contributed by atoms with E-state index in [1.54, 1.807) is 26.5 Å². The van der Waals surface area contributed by atoms with Crippen LogP contribution < -0.4 is 9.47 Å². The Morgan fingerprint density at radius 3 is 1.72 bits per heavy atom. The summed E-state index contributed by atoms with van der Waals surface area (Å²) in [7, 11) is 3.26. The van der Waals surface area contributed by atoms with Gasteiger partial charge in [-0.05, 0) is 18.2 Å². The van der Waals surface area contributed by atoms with E-state index in [-0.39, 0.29) is 0 Å². The first-order chi connectivity index (χ1) is 8.86. The van der Waals surface area contributed by atoms with Crippen LogP contribution in [0.2, 0.25) is 0 Å². The summed E-state index contributed by atoms with van der Waals surface area (Å²) in [6, 6.07) is 15.2. The van der Waals surface area contributed by atoms with Crippen molar-refractivity contribution in [1.82, 2.24) is 4.98 Å². The molecule has 0 spiro atoms. The molecule has 0 aliphatic carbocycles. The molecule has 1 aromatic carbocycles. The summed E-state index contributed by atoms with van der Waals surface area (Å²) in [5.41, 5.74) is 0. The summed E-state index contributed by atoms with van der Waals surface area (Å²) in [6.45, 7) is 4.00. The number of para-hydroxylation sites is 1. The van der Waals surface area contributed by atoms with Crippen molar-refractivity contribution in [2.24, 2.45) is 0 Å². The predicted octanol–water partition coefficient (Wildman–Crippen LogP) is 3.81. The minimum atomic E-state index is 0.660. The summed E-state index contributed by atoms with van der Waals surface area (Å²) in [5, 5.41) is 0. The summed E-state index contributed by atoms with van der Waals surface area (Å²) in [5.74, 6) is 1.57. The maximum absolute atomic E-state index is 4.91. The smallest absolute Gasteiger partial charge is 0.212 e. The molecule has 0 radical (unpaired) electrons. The Bertz CT molecular complexity index is 337. The molecule has 0 aliphatic rings. The van der Waals surface area contributed by atoms with Gasteiger partial charge in [-0.2, -0.15) is 0 Å². The van der Waals surface area contributed by atoms with E-state index in [1.165, 1.54) is 0 Å². The van der Waals surface area contributed by atoms with Crippen molar-refractivity contribution < 1.29 is 9.47 Å². The first kappa shape index (κ1) is 16.0. The molecule has 0 aliphatic heterocycles. The van der Waals surface area contributed by atoms with E-state index < -0.39 is 0 Å². The lowest BCUT2D eigenvalue weighted by atomic mass is 10.3. The second kappa shape index (κ2) is 11.5. The van der Waals surface area contributed by atoms with Crippen LogP contribution in [0.5, 0.6) is 11.6 Å². The zero-order chi connectivity index (χ0) is 13.6. The molecular formula is C15H21NO2. The van der Waals surface area contributed by atoms with Gasteiger partial charge in [-0.15, -0.1) is 0 Å². The minimum absolute atomic E-state index is 0.660. The summed E-state index contributed by atoms with van der Waals surface area (Å²) < 4.78 is 9.72. The molecule has 0 saturated carbocycles. The van der Waals surface area contributed by atoms with Gasteiger partial charge in [-0.25, -0.2) is 4.98 Å². The molecule has 0 N–H and O–H groups in total. The van der Waals surface area contributed by atoms with Gasteiger partial charge in [0.1, 0.15) is 5.75 Å². The Morgan fingerprint density at radius 2 is 1.39 bits per heavy atom. The molecule has 0 atom stereocenters. The fraction of sp³-hybridized carbons (Fsp3) is 0.267. The van der Waals surface area contributed by atoms with Crippen LogP contribution in [0, 0.1) is 0 Å². The first-order valence-electron chi connectivity index (χ1n) is 5.91. The van der Waals surface area contributed by atoms with E-state index in [9.17, 15) is 0 Å². The average Bonchev–Trinajstić information content (AvgIpc) is 2.51. The van der Waals surface area contributed by atoms with Crippen LogP contribution in [0.15, 0.2) is 54.7 Å². The fourth-order valence-electron chi connectivity index (χ4n) is 1.02. The quantitative estimate of drug-likeness (QED) is 0.808. The average molecular weight is 247 g/mol. The SMILES string of the molecule is CC.COc1ccccc1.COc1ccccn1. The molecule has 0 amide bonds. The molecule has 18 heavy (non-hydrogen) atoms. The number of aromatic nitrogens is 1. The largest absolute Gasteiger partial charge is 0.497 e. The molecule has 0 bridgehead atoms. The normalized spacial score (nSPS) is 8.00. The monoisotopic (exact) mass is 247 g/mol. The maximum Gasteiger partial charge on any atom is 0.212 e. The van der Waals surface area contributed by atoms with Crippen molar-refractivity contribution in [3.8, 4) is 11.6 Å². The number of hydrogen-bond donors (Lipinski definition) is 0. The third kappa shape index (κ3) is 7.28. The van der Waals surface area contributed by atoms with Gasteiger partial charge in [0.2, 0.25) is 5.88 Å². The van der Waals surface area contributed by atoms with E-state index in [2.05, 4.69) is 4.98 Å². The van der Waals surface area contributed by atoms with Gasteiger partial charge in [-0.1, -0.05) is 38.1 Å². The molecule has 1 aromatic heterocycles. The Balaban J connectivity index is 0.000000283. The lowest BCUT2D eigenvalue weighted by Crippen LogP contribution is -1.83. The Kier molecular flexibility index (Phi) is 10.2. The van der Waals surface area contributed by atoms with Crippen molar-refractivity contribution >= 4 is 0 Å². The lowest BCUT2D eigenvalue weighted by Gasteiger charge is -1.93. The summed E-state index contributed by atoms with van der Waals surface area (Å²) in [6.07, 6.45) is 1.69. The molecule has 1 heterocycles. The van der Waals surface area contributed by atoms with Gasteiger partial charge in [-0.3, -0.25) is 0 Å². The highest BCUT2D eigenvalue weighted by Crippen LogP contribution is 2.05. The number of methoxy groups -OCH3 is 2. The van der Waals surface area contributed by atoms with Gasteiger partial charge in [0, 0.05) is 12.3 Å². The van der Waals surface area contributed by atoms with E-state index >= 15 is 0 Å². The van der Waals surface area contributed by atoms with Crippen molar-refractivity contribution in [2.75, 3.05) is 14.2 Å². The molecule has 2 aromatic rings. The van der Waals surface area contributed by atoms with E-state index in [0.717, 1.165) is 5.75 Å². The zero-order valence-corrected chi connectivity index (χ0v) is 11.5. The van der Waals surface area contributed by atoms with Crippen LogP contribution in [0.25, 0.3) is 0 Å². The Morgan fingerprint density at radius 1 is 0.778 bits per heavy atom. The second-order valence-electron chi connectivity index (χ2n) is 2.89. The van der Waals surface area contributed by atoms with Gasteiger partial charge in [0.15, 0.2) is 0 Å². The van der Waals surface area contributed by atoms with Crippen LogP contribution in [0.1, 0.15) is 13.8 Å². The number of rotatable bonds is 2. The molecule has 2 rings (SSSR count). The van der Waals surface area contributed by atoms with Gasteiger partial charge >= 0.3 is 0 Å². The van der Waals surface area contributed by atoms with Gasteiger partial charge < -0.3 is 9.47 Å². The molecule has 98 valence electrons. The standard InChI is InChI=1S/C7H8O.C6H7NO.C2H6/c1-8-7-5-3-2-4-6-7;1-8-6-4-2-3-5-7-6;1-2/h2-6H,1H3;2-5H,1H3;1-2H3. The van der Waals surface area contributed by atoms with Gasteiger partial charge in [0.05, 0.1) is 14.2 Å².